The summed E-state index contributed by atoms with van der Waals surface area (Å²) >= 11 is 0. The molecule has 1 heterocycles. The van der Waals surface area contributed by atoms with Gasteiger partial charge < -0.3 is 5.11 Å². The maximum absolute atomic E-state index is 8.82. The van der Waals surface area contributed by atoms with Crippen molar-refractivity contribution in [2.75, 3.05) is 0 Å². The number of nitrogens with zero attached hydrogens (tertiary/aromatic N) is 2. The highest BCUT2D eigenvalue weighted by Crippen LogP contribution is 2.33. The van der Waals surface area contributed by atoms with Crippen molar-refractivity contribution in [3.05, 3.63) is 18.0 Å². The maximum atomic E-state index is 8.82. The second kappa shape index (κ2) is 3.50. The van der Waals surface area contributed by atoms with E-state index in [1.54, 1.807) is 0 Å². The van der Waals surface area contributed by atoms with Gasteiger partial charge in [0.15, 0.2) is 0 Å². The predicted molar refractivity (Wildman–Crippen MR) is 50.0 cm³/mol. The molecule has 1 aromatic rings. The van der Waals surface area contributed by atoms with Crippen molar-refractivity contribution >= 4 is 0 Å². The molecule has 0 bridgehead atoms. The van der Waals surface area contributed by atoms with E-state index in [4.69, 9.17) is 5.11 Å². The Bertz CT molecular complexity index is 276. The van der Waals surface area contributed by atoms with Crippen molar-refractivity contribution in [3.63, 3.8) is 0 Å². The Hall–Kier alpha value is -0.830. The Morgan fingerprint density at radius 3 is 2.92 bits per heavy atom. The largest absolute Gasteiger partial charge is 0.390 e. The summed E-state index contributed by atoms with van der Waals surface area (Å²) in [6.07, 6.45) is 4.61. The van der Waals surface area contributed by atoms with Gasteiger partial charge in [-0.3, -0.25) is 4.68 Å². The van der Waals surface area contributed by atoms with E-state index in [0.29, 0.717) is 0 Å². The van der Waals surface area contributed by atoms with Crippen LogP contribution in [-0.4, -0.2) is 14.9 Å². The fraction of sp³-hybridized carbons (Fsp3) is 0.700. The van der Waals surface area contributed by atoms with Crippen LogP contribution in [0.4, 0.5) is 0 Å². The van der Waals surface area contributed by atoms with E-state index in [1.165, 1.54) is 12.8 Å². The van der Waals surface area contributed by atoms with Gasteiger partial charge in [0, 0.05) is 12.7 Å². The molecule has 1 fully saturated rings. The number of hydrogen-bond donors (Lipinski definition) is 1. The summed E-state index contributed by atoms with van der Waals surface area (Å²) in [6.45, 7) is 3.36. The fourth-order valence-electron chi connectivity index (χ4n) is 2.07. The molecule has 1 aromatic heterocycles. The molecular weight excluding hydrogens is 164 g/mol. The molecule has 3 nitrogen and oxygen atoms in total. The number of aromatic nitrogens is 2. The first-order chi connectivity index (χ1) is 6.28. The smallest absolute Gasteiger partial charge is 0.0878 e. The fourth-order valence-corrected chi connectivity index (χ4v) is 2.07. The first-order valence-electron chi connectivity index (χ1n) is 4.91. The topological polar surface area (TPSA) is 38.0 Å². The van der Waals surface area contributed by atoms with Gasteiger partial charge in [0.2, 0.25) is 0 Å². The van der Waals surface area contributed by atoms with E-state index in [9.17, 15) is 0 Å². The van der Waals surface area contributed by atoms with E-state index in [1.807, 2.05) is 16.9 Å². The predicted octanol–water partition coefficient (Wildman–Crippen LogP) is 1.42. The number of aliphatic hydroxyl groups excluding tert-OH is 1. The van der Waals surface area contributed by atoms with Gasteiger partial charge in [0.25, 0.3) is 0 Å². The summed E-state index contributed by atoms with van der Waals surface area (Å²) in [5.41, 5.74) is 0.771. The van der Waals surface area contributed by atoms with Crippen LogP contribution in [0.2, 0.25) is 0 Å². The van der Waals surface area contributed by atoms with Crippen molar-refractivity contribution in [1.29, 1.82) is 0 Å². The van der Waals surface area contributed by atoms with Gasteiger partial charge in [-0.15, -0.1) is 0 Å². The summed E-state index contributed by atoms with van der Waals surface area (Å²) < 4.78 is 1.95. The van der Waals surface area contributed by atoms with Crippen molar-refractivity contribution in [2.45, 2.75) is 32.9 Å². The van der Waals surface area contributed by atoms with E-state index in [2.05, 4.69) is 12.0 Å². The lowest BCUT2D eigenvalue weighted by Gasteiger charge is -2.32. The highest BCUT2D eigenvalue weighted by atomic mass is 16.3. The zero-order valence-corrected chi connectivity index (χ0v) is 7.98. The Labute approximate surface area is 78.4 Å². The molecule has 1 N–H and O–H groups in total. The SMILES string of the molecule is CC1CC(Cn2ccc(CO)n2)C1. The van der Waals surface area contributed by atoms with Crippen LogP contribution in [-0.2, 0) is 13.2 Å². The van der Waals surface area contributed by atoms with Crippen molar-refractivity contribution in [2.24, 2.45) is 11.8 Å². The standard InChI is InChI=1S/C10H16N2O/c1-8-4-9(5-8)6-12-3-2-10(7-13)11-12/h2-3,8-9,13H,4-7H2,1H3. The van der Waals surface area contributed by atoms with Gasteiger partial charge in [0.1, 0.15) is 0 Å². The minimum atomic E-state index is 0.0497. The van der Waals surface area contributed by atoms with E-state index in [-0.39, 0.29) is 6.61 Å². The molecule has 1 saturated carbocycles. The molecule has 0 radical (unpaired) electrons. The second-order valence-electron chi connectivity index (χ2n) is 4.13. The molecule has 0 spiro atoms. The minimum Gasteiger partial charge on any atom is -0.390 e. The van der Waals surface area contributed by atoms with Crippen LogP contribution in [0.3, 0.4) is 0 Å². The van der Waals surface area contributed by atoms with Crippen LogP contribution in [0.25, 0.3) is 0 Å². The zero-order valence-electron chi connectivity index (χ0n) is 7.98. The molecule has 0 atom stereocenters. The third-order valence-electron chi connectivity index (χ3n) is 2.77. The maximum Gasteiger partial charge on any atom is 0.0878 e. The Kier molecular flexibility index (Phi) is 2.36. The summed E-state index contributed by atoms with van der Waals surface area (Å²) in [5, 5.41) is 13.1. The third-order valence-corrected chi connectivity index (χ3v) is 2.77. The Morgan fingerprint density at radius 2 is 2.38 bits per heavy atom. The van der Waals surface area contributed by atoms with Crippen LogP contribution < -0.4 is 0 Å². The minimum absolute atomic E-state index is 0.0497. The average molecular weight is 180 g/mol. The van der Waals surface area contributed by atoms with Crippen molar-refractivity contribution < 1.29 is 5.11 Å². The molecule has 2 rings (SSSR count). The first-order valence-corrected chi connectivity index (χ1v) is 4.91. The van der Waals surface area contributed by atoms with Gasteiger partial charge in [-0.1, -0.05) is 6.92 Å². The van der Waals surface area contributed by atoms with Gasteiger partial charge in [-0.2, -0.15) is 5.10 Å². The van der Waals surface area contributed by atoms with Crippen molar-refractivity contribution in [1.82, 2.24) is 9.78 Å². The number of hydrogen-bond acceptors (Lipinski definition) is 2. The van der Waals surface area contributed by atoms with Crippen molar-refractivity contribution in [3.8, 4) is 0 Å². The van der Waals surface area contributed by atoms with Gasteiger partial charge in [-0.25, -0.2) is 0 Å². The summed E-state index contributed by atoms with van der Waals surface area (Å²) in [6, 6.07) is 1.88. The third kappa shape index (κ3) is 1.91. The van der Waals surface area contributed by atoms with E-state index in [0.717, 1.165) is 24.1 Å². The lowest BCUT2D eigenvalue weighted by Crippen LogP contribution is -2.25. The monoisotopic (exact) mass is 180 g/mol. The highest BCUT2D eigenvalue weighted by Gasteiger charge is 2.25. The average Bonchev–Trinajstić information content (AvgIpc) is 2.50. The van der Waals surface area contributed by atoms with E-state index >= 15 is 0 Å². The highest BCUT2D eigenvalue weighted by molar-refractivity contribution is 4.97. The molecule has 0 saturated heterocycles. The Morgan fingerprint density at radius 1 is 1.62 bits per heavy atom. The van der Waals surface area contributed by atoms with Crippen LogP contribution >= 0.6 is 0 Å². The van der Waals surface area contributed by atoms with Crippen LogP contribution in [0.5, 0.6) is 0 Å². The molecule has 3 heteroatoms. The molecular formula is C10H16N2O. The number of rotatable bonds is 3. The zero-order chi connectivity index (χ0) is 9.26. The molecule has 0 aliphatic heterocycles. The van der Waals surface area contributed by atoms with Gasteiger partial charge in [-0.05, 0) is 30.7 Å². The summed E-state index contributed by atoms with van der Waals surface area (Å²) in [7, 11) is 0. The quantitative estimate of drug-likeness (QED) is 0.764. The molecule has 1 aliphatic carbocycles. The molecule has 72 valence electrons. The second-order valence-corrected chi connectivity index (χ2v) is 4.13. The molecule has 1 aliphatic rings. The van der Waals surface area contributed by atoms with E-state index < -0.39 is 0 Å². The summed E-state index contributed by atoms with van der Waals surface area (Å²) in [5.74, 6) is 1.71. The van der Waals surface area contributed by atoms with Gasteiger partial charge in [0.05, 0.1) is 12.3 Å². The number of aliphatic hydroxyl groups is 1. The molecule has 13 heavy (non-hydrogen) atoms. The van der Waals surface area contributed by atoms with Gasteiger partial charge >= 0.3 is 0 Å². The molecule has 0 amide bonds. The van der Waals surface area contributed by atoms with Crippen LogP contribution in [0, 0.1) is 11.8 Å². The normalized spacial score (nSPS) is 27.2. The summed E-state index contributed by atoms with van der Waals surface area (Å²) in [4.78, 5) is 0. The van der Waals surface area contributed by atoms with Crippen LogP contribution in [0.1, 0.15) is 25.5 Å². The molecule has 0 unspecified atom stereocenters. The lowest BCUT2D eigenvalue weighted by atomic mass is 9.76. The molecule has 0 aromatic carbocycles. The lowest BCUT2D eigenvalue weighted by molar-refractivity contribution is 0.181. The Balaban J connectivity index is 1.87. The van der Waals surface area contributed by atoms with Crippen LogP contribution in [0.15, 0.2) is 12.3 Å². The first kappa shape index (κ1) is 8.75.